The Morgan fingerprint density at radius 3 is 0.524 bits per heavy atom. The molecule has 0 aromatic rings. The van der Waals surface area contributed by atoms with Crippen molar-refractivity contribution >= 4 is 42.6 Å². The molecule has 0 radical (unpaired) electrons. The van der Waals surface area contributed by atoms with Gasteiger partial charge in [0, 0.05) is 34.1 Å². The molecular formula is H8Fe2O15S4. The molecule has 0 heterocycles. The zero-order valence-electron chi connectivity index (χ0n) is 8.78. The Morgan fingerprint density at radius 1 is 0.524 bits per heavy atom. The largest absolute Gasteiger partial charge is 0.394 e. The average Bonchev–Trinajstić information content (AvgIpc) is 1.66. The van der Waals surface area contributed by atoms with Gasteiger partial charge in [-0.1, -0.05) is 0 Å². The third kappa shape index (κ3) is 14000. The normalized spacial score (nSPS) is 9.95. The molecule has 8 N–H and O–H groups in total. The van der Waals surface area contributed by atoms with E-state index in [9.17, 15) is 0 Å². The van der Waals surface area contributed by atoms with Crippen LogP contribution in [0, 0.1) is 0 Å². The van der Waals surface area contributed by atoms with Crippen LogP contribution in [0.25, 0.3) is 0 Å². The minimum Gasteiger partial charge on any atom is -0.284 e. The smallest absolute Gasteiger partial charge is 0.284 e. The molecule has 0 rings (SSSR count). The van der Waals surface area contributed by atoms with E-state index in [2.05, 4.69) is 0 Å². The Kier molecular flexibility index (Phi) is 30.7. The molecule has 0 amide bonds. The quantitative estimate of drug-likeness (QED) is 0.101. The Labute approximate surface area is 142 Å². The van der Waals surface area contributed by atoms with Crippen LogP contribution in [0.4, 0.5) is 0 Å². The molecule has 21 heavy (non-hydrogen) atoms. The predicted octanol–water partition coefficient (Wildman–Crippen LogP) is -2.28. The van der Waals surface area contributed by atoms with Gasteiger partial charge < -0.3 is 0 Å². The van der Waals surface area contributed by atoms with E-state index in [4.69, 9.17) is 65.9 Å². The molecule has 21 heteroatoms. The van der Waals surface area contributed by atoms with Gasteiger partial charge >= 0.3 is 31.2 Å². The summed E-state index contributed by atoms with van der Waals surface area (Å²) in [6.45, 7) is 0. The third-order valence-corrected chi connectivity index (χ3v) is 0. The van der Waals surface area contributed by atoms with Crippen molar-refractivity contribution in [2.24, 2.45) is 0 Å². The second-order valence-electron chi connectivity index (χ2n) is 1.57. The molecule has 0 aliphatic carbocycles. The van der Waals surface area contributed by atoms with Crippen LogP contribution < -0.4 is 0 Å². The second-order valence-corrected chi connectivity index (χ2v) is 4.72. The zero-order chi connectivity index (χ0) is 17.1. The van der Waals surface area contributed by atoms with E-state index < -0.39 is 42.6 Å². The van der Waals surface area contributed by atoms with Gasteiger partial charge in [-0.2, -0.15) is 29.5 Å². The van der Waals surface area contributed by atoms with Gasteiger partial charge in [0.15, 0.2) is 0 Å². The number of hydrogen-bond acceptors (Lipinski definition) is 7. The van der Waals surface area contributed by atoms with Crippen LogP contribution in [0.3, 0.4) is 0 Å². The molecule has 0 aliphatic rings. The fraction of sp³-hybridized carbons (Fsp3) is 0. The van der Waals surface area contributed by atoms with Crippen molar-refractivity contribution in [2.45, 2.75) is 0 Å². The second kappa shape index (κ2) is 17.1. The predicted molar refractivity (Wildman–Crippen MR) is 55.9 cm³/mol. The summed E-state index contributed by atoms with van der Waals surface area (Å²) in [5, 5.41) is 0. The third-order valence-electron chi connectivity index (χ3n) is 0. The maximum Gasteiger partial charge on any atom is 0.394 e. The molecular weight excluding hydrogens is 480 g/mol. The molecule has 0 aromatic carbocycles. The average molecular weight is 488 g/mol. The van der Waals surface area contributed by atoms with Crippen LogP contribution in [0.15, 0.2) is 0 Å². The number of hydrogen-bond donors (Lipinski definition) is 8. The first-order valence-corrected chi connectivity index (χ1v) is 7.88. The van der Waals surface area contributed by atoms with E-state index in [1.165, 1.54) is 0 Å². The summed E-state index contributed by atoms with van der Waals surface area (Å²) in [7, 11) is -14.0. The molecule has 138 valence electrons. The van der Waals surface area contributed by atoms with Gasteiger partial charge in [-0.25, -0.2) is 0 Å². The molecule has 15 nitrogen and oxygen atoms in total. The first kappa shape index (κ1) is 37.7. The van der Waals surface area contributed by atoms with Gasteiger partial charge in [-0.05, 0) is 0 Å². The van der Waals surface area contributed by atoms with Crippen LogP contribution in [0.5, 0.6) is 0 Å². The van der Waals surface area contributed by atoms with Crippen molar-refractivity contribution in [2.75, 3.05) is 0 Å². The molecule has 0 aliphatic heterocycles. The minimum absolute atomic E-state index is 0. The first-order chi connectivity index (χ1) is 7.73. The van der Waals surface area contributed by atoms with Gasteiger partial charge in [0.05, 0.1) is 0 Å². The van der Waals surface area contributed by atoms with E-state index >= 15 is 0 Å². The summed E-state index contributed by atoms with van der Waals surface area (Å²) in [5.41, 5.74) is 0. The molecule has 0 bridgehead atoms. The van der Waals surface area contributed by atoms with Crippen LogP contribution in [-0.4, -0.2) is 65.9 Å². The zero-order valence-corrected chi connectivity index (χ0v) is 14.2. The molecule has 0 spiro atoms. The Morgan fingerprint density at radius 2 is 0.524 bits per heavy atom. The van der Waals surface area contributed by atoms with Crippen molar-refractivity contribution in [1.82, 2.24) is 0 Å². The molecule has 0 saturated heterocycles. The van der Waals surface area contributed by atoms with Crippen molar-refractivity contribution in [1.29, 1.82) is 0 Å². The summed E-state index contributed by atoms with van der Waals surface area (Å²) < 4.78 is 118. The fourth-order valence-corrected chi connectivity index (χ4v) is 0. The Balaban J connectivity index is -0.0000000347. The summed E-state index contributed by atoms with van der Waals surface area (Å²) in [6.07, 6.45) is 0. The van der Waals surface area contributed by atoms with Crippen molar-refractivity contribution in [3.63, 3.8) is 0 Å². The minimum atomic E-state index is -4.67. The summed E-state index contributed by atoms with van der Waals surface area (Å²) in [4.78, 5) is 0. The molecule has 0 atom stereocenters. The molecule has 0 fully saturated rings. The standard InChI is InChI=1S/2Fe.3H2O4S.H2O3S/c;;3*1-5(2,3)4;1-4(2)3/h;;3*(H2,1,2,3,4);(H2,1,2,3). The van der Waals surface area contributed by atoms with Gasteiger partial charge in [0.25, 0.3) is 11.4 Å². The summed E-state index contributed by atoms with van der Waals surface area (Å²) in [6, 6.07) is 0. The van der Waals surface area contributed by atoms with E-state index in [1.807, 2.05) is 0 Å². The molecule has 0 saturated carbocycles. The van der Waals surface area contributed by atoms with Crippen LogP contribution in [0.2, 0.25) is 0 Å². The SMILES string of the molecule is O=S(=O)(O)O.O=S(=O)(O)O.O=S(=O)(O)O.O=S(O)O.[Fe].[Fe]. The number of rotatable bonds is 0. The first-order valence-electron chi connectivity index (χ1n) is 2.63. The van der Waals surface area contributed by atoms with Crippen LogP contribution in [0.1, 0.15) is 0 Å². The van der Waals surface area contributed by atoms with Gasteiger partial charge in [-0.3, -0.25) is 36.4 Å². The van der Waals surface area contributed by atoms with Gasteiger partial charge in [0.2, 0.25) is 0 Å². The Hall–Kier alpha value is 0.719. The van der Waals surface area contributed by atoms with Crippen molar-refractivity contribution in [3.8, 4) is 0 Å². The Bertz CT molecular complexity index is 421. The van der Waals surface area contributed by atoms with Crippen LogP contribution in [-0.2, 0) is 76.7 Å². The maximum absolute atomic E-state index is 8.74. The van der Waals surface area contributed by atoms with E-state index in [1.54, 1.807) is 0 Å². The molecule has 0 aromatic heterocycles. The topological polar surface area (TPSA) is 281 Å². The summed E-state index contributed by atoms with van der Waals surface area (Å²) >= 11 is -2.61. The van der Waals surface area contributed by atoms with Crippen molar-refractivity contribution in [3.05, 3.63) is 0 Å². The van der Waals surface area contributed by atoms with E-state index in [-0.39, 0.29) is 34.1 Å². The maximum atomic E-state index is 8.74. The monoisotopic (exact) mass is 488 g/mol. The van der Waals surface area contributed by atoms with Crippen LogP contribution >= 0.6 is 0 Å². The van der Waals surface area contributed by atoms with E-state index in [0.717, 1.165) is 0 Å². The molecule has 0 unspecified atom stereocenters. The summed E-state index contributed by atoms with van der Waals surface area (Å²) in [5.74, 6) is 0. The van der Waals surface area contributed by atoms with E-state index in [0.29, 0.717) is 0 Å². The van der Waals surface area contributed by atoms with Crippen molar-refractivity contribution < 1.29 is 100 Å². The van der Waals surface area contributed by atoms with Gasteiger partial charge in [0.1, 0.15) is 0 Å². The van der Waals surface area contributed by atoms with Gasteiger partial charge in [-0.15, -0.1) is 0 Å². The fourth-order valence-electron chi connectivity index (χ4n) is 0.